The third-order valence-electron chi connectivity index (χ3n) is 2.71. The van der Waals surface area contributed by atoms with Crippen LogP contribution in [0.15, 0.2) is 33.5 Å². The van der Waals surface area contributed by atoms with Gasteiger partial charge in [-0.05, 0) is 17.4 Å². The van der Waals surface area contributed by atoms with E-state index >= 15 is 0 Å². The molecule has 2 aliphatic rings. The van der Waals surface area contributed by atoms with E-state index in [4.69, 9.17) is 0 Å². The highest BCUT2D eigenvalue weighted by Crippen LogP contribution is 2.38. The molecule has 0 atom stereocenters. The Bertz CT molecular complexity index is 412. The summed E-state index contributed by atoms with van der Waals surface area (Å²) < 4.78 is 0. The summed E-state index contributed by atoms with van der Waals surface area (Å²) in [5.74, 6) is 0.466. The minimum absolute atomic E-state index is 0.121. The average Bonchev–Trinajstić information content (AvgIpc) is 2.56. The zero-order valence-electron chi connectivity index (χ0n) is 10.1. The maximum Gasteiger partial charge on any atom is 0.0942 e. The topological polar surface area (TPSA) is 24.7 Å². The largest absolute Gasteiger partial charge is 0.254 e. The fraction of sp³-hybridized carbons (Fsp3) is 0.538. The van der Waals surface area contributed by atoms with Crippen LogP contribution in [0.1, 0.15) is 34.6 Å². The Morgan fingerprint density at radius 2 is 1.87 bits per heavy atom. The number of hydrogen-bond acceptors (Lipinski definition) is 2. The van der Waals surface area contributed by atoms with E-state index in [1.165, 1.54) is 11.3 Å². The smallest absolute Gasteiger partial charge is 0.0942 e. The Morgan fingerprint density at radius 3 is 2.40 bits per heavy atom. The average molecular weight is 202 g/mol. The number of rotatable bonds is 1. The number of hydrogen-bond donors (Lipinski definition) is 0. The third-order valence-corrected chi connectivity index (χ3v) is 2.71. The SMILES string of the molecule is CC(C)C1=C(C(C)(C)C)C2=NC=CC2=N1. The van der Waals surface area contributed by atoms with Gasteiger partial charge in [-0.25, -0.2) is 0 Å². The molecular weight excluding hydrogens is 184 g/mol. The molecule has 2 nitrogen and oxygen atoms in total. The van der Waals surface area contributed by atoms with Crippen LogP contribution in [0.25, 0.3) is 0 Å². The van der Waals surface area contributed by atoms with Crippen molar-refractivity contribution in [2.45, 2.75) is 34.6 Å². The Labute approximate surface area is 91.5 Å². The van der Waals surface area contributed by atoms with Crippen molar-refractivity contribution in [3.05, 3.63) is 23.5 Å². The number of allylic oxidation sites excluding steroid dienone is 3. The molecule has 0 N–H and O–H groups in total. The van der Waals surface area contributed by atoms with Crippen LogP contribution in [0.4, 0.5) is 0 Å². The second-order valence-electron chi connectivity index (χ2n) is 5.46. The van der Waals surface area contributed by atoms with E-state index in [1.807, 2.05) is 12.3 Å². The van der Waals surface area contributed by atoms with Gasteiger partial charge in [0.05, 0.1) is 11.4 Å². The fourth-order valence-corrected chi connectivity index (χ4v) is 2.07. The van der Waals surface area contributed by atoms with Crippen molar-refractivity contribution >= 4 is 11.4 Å². The maximum atomic E-state index is 4.68. The summed E-state index contributed by atoms with van der Waals surface area (Å²) in [6.45, 7) is 11.1. The molecule has 0 bridgehead atoms. The molecule has 0 saturated heterocycles. The molecule has 15 heavy (non-hydrogen) atoms. The molecule has 0 aliphatic carbocycles. The van der Waals surface area contributed by atoms with E-state index in [0.29, 0.717) is 5.92 Å². The lowest BCUT2D eigenvalue weighted by molar-refractivity contribution is 0.512. The molecule has 0 aromatic rings. The molecule has 0 fully saturated rings. The van der Waals surface area contributed by atoms with E-state index < -0.39 is 0 Å². The standard InChI is InChI=1S/C13H18N2/c1-8(2)11-10(13(3,4)5)12-9(15-11)6-7-14-12/h6-8H,1-5H3. The summed E-state index contributed by atoms with van der Waals surface area (Å²) in [6, 6.07) is 0. The van der Waals surface area contributed by atoms with Crippen molar-refractivity contribution in [3.63, 3.8) is 0 Å². The van der Waals surface area contributed by atoms with Crippen LogP contribution >= 0.6 is 0 Å². The van der Waals surface area contributed by atoms with Crippen LogP contribution in [0.2, 0.25) is 0 Å². The molecule has 0 aromatic carbocycles. The van der Waals surface area contributed by atoms with Gasteiger partial charge in [-0.3, -0.25) is 9.98 Å². The summed E-state index contributed by atoms with van der Waals surface area (Å²) in [6.07, 6.45) is 3.84. The Balaban J connectivity index is 2.53. The molecule has 0 amide bonds. The Kier molecular flexibility index (Phi) is 2.18. The van der Waals surface area contributed by atoms with Crippen LogP contribution in [0.3, 0.4) is 0 Å². The summed E-state index contributed by atoms with van der Waals surface area (Å²) >= 11 is 0. The lowest BCUT2D eigenvalue weighted by Crippen LogP contribution is -2.20. The van der Waals surface area contributed by atoms with Gasteiger partial charge in [-0.15, -0.1) is 0 Å². The molecule has 0 spiro atoms. The van der Waals surface area contributed by atoms with E-state index in [9.17, 15) is 0 Å². The summed E-state index contributed by atoms with van der Waals surface area (Å²) in [7, 11) is 0. The van der Waals surface area contributed by atoms with Gasteiger partial charge in [-0.2, -0.15) is 0 Å². The lowest BCUT2D eigenvalue weighted by atomic mass is 9.81. The predicted octanol–water partition coefficient (Wildman–Crippen LogP) is 3.37. The minimum atomic E-state index is 0.121. The molecule has 2 heterocycles. The molecule has 0 aromatic heterocycles. The molecule has 0 saturated carbocycles. The van der Waals surface area contributed by atoms with Gasteiger partial charge in [0.15, 0.2) is 0 Å². The van der Waals surface area contributed by atoms with Gasteiger partial charge in [0.1, 0.15) is 0 Å². The highest BCUT2D eigenvalue weighted by Gasteiger charge is 2.34. The second-order valence-corrected chi connectivity index (χ2v) is 5.46. The van der Waals surface area contributed by atoms with Gasteiger partial charge in [0.2, 0.25) is 0 Å². The van der Waals surface area contributed by atoms with Crippen molar-refractivity contribution in [3.8, 4) is 0 Å². The first-order chi connectivity index (χ1) is 6.91. The lowest BCUT2D eigenvalue weighted by Gasteiger charge is -2.23. The summed E-state index contributed by atoms with van der Waals surface area (Å²) in [5.41, 5.74) is 4.78. The zero-order valence-corrected chi connectivity index (χ0v) is 10.1. The van der Waals surface area contributed by atoms with Gasteiger partial charge in [0.25, 0.3) is 0 Å². The number of fused-ring (bicyclic) bond motifs is 1. The highest BCUT2D eigenvalue weighted by molar-refractivity contribution is 6.55. The molecular formula is C13H18N2. The van der Waals surface area contributed by atoms with Crippen LogP contribution in [0.5, 0.6) is 0 Å². The zero-order chi connectivity index (χ0) is 11.2. The number of aliphatic imine (C=N–C) groups is 2. The monoisotopic (exact) mass is 202 g/mol. The molecule has 0 unspecified atom stereocenters. The van der Waals surface area contributed by atoms with E-state index in [0.717, 1.165) is 11.4 Å². The quantitative estimate of drug-likeness (QED) is 0.623. The van der Waals surface area contributed by atoms with E-state index in [1.54, 1.807) is 0 Å². The molecule has 2 rings (SSSR count). The number of nitrogens with zero attached hydrogens (tertiary/aromatic N) is 2. The predicted molar refractivity (Wildman–Crippen MR) is 65.3 cm³/mol. The highest BCUT2D eigenvalue weighted by atomic mass is 14.9. The van der Waals surface area contributed by atoms with Gasteiger partial charge >= 0.3 is 0 Å². The molecule has 2 heteroatoms. The Hall–Kier alpha value is -1.18. The van der Waals surface area contributed by atoms with Crippen molar-refractivity contribution < 1.29 is 0 Å². The normalized spacial score (nSPS) is 19.9. The Morgan fingerprint density at radius 1 is 1.20 bits per heavy atom. The van der Waals surface area contributed by atoms with Crippen LogP contribution in [0, 0.1) is 11.3 Å². The van der Waals surface area contributed by atoms with Crippen LogP contribution in [-0.4, -0.2) is 11.4 Å². The summed E-state index contributed by atoms with van der Waals surface area (Å²) in [4.78, 5) is 9.10. The van der Waals surface area contributed by atoms with Gasteiger partial charge in [-0.1, -0.05) is 34.6 Å². The maximum absolute atomic E-state index is 4.68. The summed E-state index contributed by atoms with van der Waals surface area (Å²) in [5, 5.41) is 0. The molecule has 2 aliphatic heterocycles. The first kappa shape index (κ1) is 10.3. The van der Waals surface area contributed by atoms with Gasteiger partial charge < -0.3 is 0 Å². The van der Waals surface area contributed by atoms with E-state index in [2.05, 4.69) is 44.6 Å². The van der Waals surface area contributed by atoms with Gasteiger partial charge in [0, 0.05) is 17.5 Å². The third kappa shape index (κ3) is 1.58. The first-order valence-electron chi connectivity index (χ1n) is 5.49. The van der Waals surface area contributed by atoms with Crippen molar-refractivity contribution in [2.24, 2.45) is 21.3 Å². The van der Waals surface area contributed by atoms with Crippen LogP contribution < -0.4 is 0 Å². The van der Waals surface area contributed by atoms with Crippen molar-refractivity contribution in [1.29, 1.82) is 0 Å². The molecule has 0 radical (unpaired) electrons. The first-order valence-corrected chi connectivity index (χ1v) is 5.49. The fourth-order valence-electron chi connectivity index (χ4n) is 2.07. The second kappa shape index (κ2) is 3.16. The van der Waals surface area contributed by atoms with E-state index in [-0.39, 0.29) is 5.41 Å². The van der Waals surface area contributed by atoms with Crippen LogP contribution in [-0.2, 0) is 0 Å². The van der Waals surface area contributed by atoms with Crippen molar-refractivity contribution in [2.75, 3.05) is 0 Å². The molecule has 80 valence electrons. The van der Waals surface area contributed by atoms with Crippen molar-refractivity contribution in [1.82, 2.24) is 0 Å². The minimum Gasteiger partial charge on any atom is -0.254 e.